The number of nitrogens with zero attached hydrogens (tertiary/aromatic N) is 2. The van der Waals surface area contributed by atoms with Crippen LogP contribution in [-0.2, 0) is 19.6 Å². The molecule has 0 saturated carbocycles. The molecule has 0 radical (unpaired) electrons. The van der Waals surface area contributed by atoms with Gasteiger partial charge in [0.05, 0.1) is 6.54 Å². The topological polar surface area (TPSA) is 37.3 Å². The molecule has 3 aromatic carbocycles. The summed E-state index contributed by atoms with van der Waals surface area (Å²) in [6.07, 6.45) is 1.90. The molecule has 7 heteroatoms. The second-order valence-electron chi connectivity index (χ2n) is 7.65. The molecule has 0 spiro atoms. The van der Waals surface area contributed by atoms with Crippen molar-refractivity contribution in [3.63, 3.8) is 0 Å². The van der Waals surface area contributed by atoms with Gasteiger partial charge in [-0.1, -0.05) is 42.5 Å². The molecule has 4 nitrogen and oxygen atoms in total. The summed E-state index contributed by atoms with van der Waals surface area (Å²) < 4.78 is 42.1. The predicted molar refractivity (Wildman–Crippen MR) is 121 cm³/mol. The Morgan fingerprint density at radius 2 is 1.55 bits per heavy atom. The van der Waals surface area contributed by atoms with Crippen LogP contribution in [0.4, 0.5) is 23.7 Å². The van der Waals surface area contributed by atoms with Crippen molar-refractivity contribution in [3.05, 3.63) is 125 Å². The molecule has 0 atom stereocenters. The molecule has 168 valence electrons. The van der Waals surface area contributed by atoms with E-state index in [4.69, 9.17) is 0 Å². The summed E-state index contributed by atoms with van der Waals surface area (Å²) in [6, 6.07) is 22.3. The fourth-order valence-electron chi connectivity index (χ4n) is 3.51. The average molecular weight is 449 g/mol. The van der Waals surface area contributed by atoms with E-state index in [2.05, 4.69) is 5.32 Å². The SMILES string of the molecule is O=C(Nc1ccc(F)c(F)c1)N(Cc1ccccc1)Cc1cccn1Cc1ccc(F)cc1. The van der Waals surface area contributed by atoms with E-state index in [1.54, 1.807) is 17.0 Å². The van der Waals surface area contributed by atoms with Crippen LogP contribution >= 0.6 is 0 Å². The van der Waals surface area contributed by atoms with Crippen molar-refractivity contribution >= 4 is 11.7 Å². The number of urea groups is 1. The number of carbonyl (C=O) groups is 1. The Morgan fingerprint density at radius 3 is 2.27 bits per heavy atom. The summed E-state index contributed by atoms with van der Waals surface area (Å²) in [6.45, 7) is 1.11. The normalized spacial score (nSPS) is 10.8. The summed E-state index contributed by atoms with van der Waals surface area (Å²) in [5.41, 5.74) is 2.89. The molecule has 4 aromatic rings. The van der Waals surface area contributed by atoms with Crippen molar-refractivity contribution in [3.8, 4) is 0 Å². The molecule has 0 bridgehead atoms. The fraction of sp³-hybridized carbons (Fsp3) is 0.115. The number of rotatable bonds is 7. The summed E-state index contributed by atoms with van der Waals surface area (Å²) in [5.74, 6) is -2.31. The quantitative estimate of drug-likeness (QED) is 0.359. The minimum absolute atomic E-state index is 0.165. The number of halogens is 3. The van der Waals surface area contributed by atoms with Crippen LogP contribution in [0.3, 0.4) is 0 Å². The van der Waals surface area contributed by atoms with Gasteiger partial charge in [0, 0.05) is 36.7 Å². The zero-order chi connectivity index (χ0) is 23.2. The number of anilines is 1. The van der Waals surface area contributed by atoms with Gasteiger partial charge in [0.25, 0.3) is 0 Å². The summed E-state index contributed by atoms with van der Waals surface area (Å²) in [7, 11) is 0. The van der Waals surface area contributed by atoms with E-state index in [0.717, 1.165) is 29.0 Å². The van der Waals surface area contributed by atoms with Crippen LogP contribution < -0.4 is 5.32 Å². The lowest BCUT2D eigenvalue weighted by Crippen LogP contribution is -2.34. The van der Waals surface area contributed by atoms with Gasteiger partial charge < -0.3 is 14.8 Å². The van der Waals surface area contributed by atoms with E-state index < -0.39 is 17.7 Å². The van der Waals surface area contributed by atoms with Gasteiger partial charge in [-0.05, 0) is 47.5 Å². The second-order valence-corrected chi connectivity index (χ2v) is 7.65. The van der Waals surface area contributed by atoms with Crippen molar-refractivity contribution < 1.29 is 18.0 Å². The largest absolute Gasteiger partial charge is 0.345 e. The third kappa shape index (κ3) is 5.83. The molecule has 1 N–H and O–H groups in total. The minimum Gasteiger partial charge on any atom is -0.345 e. The van der Waals surface area contributed by atoms with Gasteiger partial charge in [-0.3, -0.25) is 0 Å². The van der Waals surface area contributed by atoms with Crippen LogP contribution in [0.5, 0.6) is 0 Å². The molecule has 33 heavy (non-hydrogen) atoms. The van der Waals surface area contributed by atoms with Crippen LogP contribution in [-0.4, -0.2) is 15.5 Å². The van der Waals surface area contributed by atoms with Crippen molar-refractivity contribution in [1.82, 2.24) is 9.47 Å². The van der Waals surface area contributed by atoms with E-state index in [0.29, 0.717) is 13.1 Å². The van der Waals surface area contributed by atoms with Crippen molar-refractivity contribution in [1.29, 1.82) is 0 Å². The van der Waals surface area contributed by atoms with Gasteiger partial charge in [0.15, 0.2) is 11.6 Å². The summed E-state index contributed by atoms with van der Waals surface area (Å²) >= 11 is 0. The Kier molecular flexibility index (Phi) is 6.78. The third-order valence-corrected chi connectivity index (χ3v) is 5.22. The first-order valence-corrected chi connectivity index (χ1v) is 10.4. The van der Waals surface area contributed by atoms with Crippen LogP contribution in [0.1, 0.15) is 16.8 Å². The molecule has 0 unspecified atom stereocenters. The van der Waals surface area contributed by atoms with Gasteiger partial charge >= 0.3 is 6.03 Å². The molecule has 0 aliphatic carbocycles. The molecule has 1 aromatic heterocycles. The first-order chi connectivity index (χ1) is 16.0. The van der Waals surface area contributed by atoms with Crippen molar-refractivity contribution in [2.75, 3.05) is 5.32 Å². The van der Waals surface area contributed by atoms with Gasteiger partial charge in [0.1, 0.15) is 5.82 Å². The average Bonchev–Trinajstić information content (AvgIpc) is 3.24. The molecule has 4 rings (SSSR count). The number of aromatic nitrogens is 1. The first kappa shape index (κ1) is 22.2. The highest BCUT2D eigenvalue weighted by molar-refractivity contribution is 5.89. The monoisotopic (exact) mass is 449 g/mol. The molecule has 0 fully saturated rings. The summed E-state index contributed by atoms with van der Waals surface area (Å²) in [4.78, 5) is 14.7. The maximum absolute atomic E-state index is 13.6. The van der Waals surface area contributed by atoms with Gasteiger partial charge in [0.2, 0.25) is 0 Å². The van der Waals surface area contributed by atoms with Gasteiger partial charge in [-0.2, -0.15) is 0 Å². The van der Waals surface area contributed by atoms with E-state index in [-0.39, 0.29) is 18.0 Å². The number of hydrogen-bond donors (Lipinski definition) is 1. The lowest BCUT2D eigenvalue weighted by Gasteiger charge is -2.24. The first-order valence-electron chi connectivity index (χ1n) is 10.4. The number of nitrogens with one attached hydrogen (secondary N) is 1. The van der Waals surface area contributed by atoms with Crippen molar-refractivity contribution in [2.24, 2.45) is 0 Å². The maximum Gasteiger partial charge on any atom is 0.322 e. The Labute approximate surface area is 189 Å². The molecule has 0 saturated heterocycles. The lowest BCUT2D eigenvalue weighted by molar-refractivity contribution is 0.205. The number of hydrogen-bond acceptors (Lipinski definition) is 1. The van der Waals surface area contributed by atoms with E-state index in [1.165, 1.54) is 18.2 Å². The molecule has 1 heterocycles. The number of benzene rings is 3. The predicted octanol–water partition coefficient (Wildman–Crippen LogP) is 6.19. The Balaban J connectivity index is 1.55. The highest BCUT2D eigenvalue weighted by Crippen LogP contribution is 2.17. The highest BCUT2D eigenvalue weighted by atomic mass is 19.2. The smallest absolute Gasteiger partial charge is 0.322 e. The molecular formula is C26H22F3N3O. The zero-order valence-electron chi connectivity index (χ0n) is 17.7. The Morgan fingerprint density at radius 1 is 0.788 bits per heavy atom. The molecule has 0 aliphatic heterocycles. The maximum atomic E-state index is 13.6. The molecular weight excluding hydrogens is 427 g/mol. The van der Waals surface area contributed by atoms with E-state index in [9.17, 15) is 18.0 Å². The number of carbonyl (C=O) groups excluding carboxylic acids is 1. The Hall–Kier alpha value is -4.00. The molecule has 0 aliphatic rings. The standard InChI is InChI=1S/C26H22F3N3O/c27-21-10-8-20(9-11-21)16-31-14-4-7-23(31)18-32(17-19-5-2-1-3-6-19)26(33)30-22-12-13-24(28)25(29)15-22/h1-15H,16-18H2,(H,30,33). The second kappa shape index (κ2) is 10.1. The van der Waals surface area contributed by atoms with Crippen LogP contribution in [0.2, 0.25) is 0 Å². The van der Waals surface area contributed by atoms with Crippen molar-refractivity contribution in [2.45, 2.75) is 19.6 Å². The van der Waals surface area contributed by atoms with Crippen LogP contribution in [0, 0.1) is 17.5 Å². The van der Waals surface area contributed by atoms with E-state index in [1.807, 2.05) is 53.2 Å². The van der Waals surface area contributed by atoms with Gasteiger partial charge in [-0.15, -0.1) is 0 Å². The van der Waals surface area contributed by atoms with Gasteiger partial charge in [-0.25, -0.2) is 18.0 Å². The third-order valence-electron chi connectivity index (χ3n) is 5.22. The fourth-order valence-corrected chi connectivity index (χ4v) is 3.51. The molecule has 2 amide bonds. The summed E-state index contributed by atoms with van der Waals surface area (Å²) in [5, 5.41) is 2.65. The highest BCUT2D eigenvalue weighted by Gasteiger charge is 2.17. The Bertz CT molecular complexity index is 1220. The number of amides is 2. The lowest BCUT2D eigenvalue weighted by atomic mass is 10.2. The zero-order valence-corrected chi connectivity index (χ0v) is 17.7. The minimum atomic E-state index is -1.03. The van der Waals surface area contributed by atoms with E-state index >= 15 is 0 Å². The van der Waals surface area contributed by atoms with Crippen LogP contribution in [0.25, 0.3) is 0 Å². The van der Waals surface area contributed by atoms with Crippen LogP contribution in [0.15, 0.2) is 91.1 Å².